The summed E-state index contributed by atoms with van der Waals surface area (Å²) in [6.07, 6.45) is 0.977. The van der Waals surface area contributed by atoms with Gasteiger partial charge in [-0.3, -0.25) is 0 Å². The summed E-state index contributed by atoms with van der Waals surface area (Å²) >= 11 is 0. The molecule has 1 aromatic carbocycles. The maximum absolute atomic E-state index is 13.5. The van der Waals surface area contributed by atoms with Crippen molar-refractivity contribution in [2.75, 3.05) is 20.2 Å². The van der Waals surface area contributed by atoms with Gasteiger partial charge in [-0.1, -0.05) is 0 Å². The van der Waals surface area contributed by atoms with Crippen molar-refractivity contribution in [3.63, 3.8) is 0 Å². The molecule has 4 heteroatoms. The lowest BCUT2D eigenvalue weighted by molar-refractivity contribution is 0.350. The lowest BCUT2D eigenvalue weighted by Gasteiger charge is -2.12. The number of phenolic OH excluding ortho intramolecular Hbond substituents is 1. The molecular weight excluding hydrogens is 197 g/mol. The number of aromatic hydroxyl groups is 1. The largest absolute Gasteiger partial charge is 0.504 e. The number of hydrogen-bond donors (Lipinski definition) is 2. The molecule has 1 atom stereocenters. The molecule has 0 aliphatic carbocycles. The molecule has 0 amide bonds. The number of benzene rings is 1. The van der Waals surface area contributed by atoms with E-state index in [9.17, 15) is 9.50 Å². The number of rotatable bonds is 2. The third-order valence-electron chi connectivity index (χ3n) is 2.78. The summed E-state index contributed by atoms with van der Waals surface area (Å²) < 4.78 is 18.2. The lowest BCUT2D eigenvalue weighted by atomic mass is 9.98. The molecule has 3 nitrogen and oxygen atoms in total. The average Bonchev–Trinajstić information content (AvgIpc) is 2.69. The van der Waals surface area contributed by atoms with Gasteiger partial charge in [0.1, 0.15) is 0 Å². The Hall–Kier alpha value is -1.29. The van der Waals surface area contributed by atoms with Gasteiger partial charge >= 0.3 is 0 Å². The molecule has 1 aliphatic rings. The van der Waals surface area contributed by atoms with Gasteiger partial charge in [0.05, 0.1) is 7.11 Å². The zero-order valence-electron chi connectivity index (χ0n) is 8.59. The predicted octanol–water partition coefficient (Wildman–Crippen LogP) is 1.62. The highest BCUT2D eigenvalue weighted by molar-refractivity contribution is 5.44. The molecule has 15 heavy (non-hydrogen) atoms. The summed E-state index contributed by atoms with van der Waals surface area (Å²) in [5, 5.41) is 12.8. The Bertz CT molecular complexity index is 339. The highest BCUT2D eigenvalue weighted by atomic mass is 19.1. The standard InChI is InChI=1S/C11H14FNO2/c1-15-11-9(12)4-8(5-10(11)14)7-2-3-13-6-7/h4-5,7,13-14H,2-3,6H2,1H3. The van der Waals surface area contributed by atoms with Gasteiger partial charge < -0.3 is 15.2 Å². The van der Waals surface area contributed by atoms with Crippen LogP contribution in [-0.4, -0.2) is 25.3 Å². The average molecular weight is 211 g/mol. The maximum Gasteiger partial charge on any atom is 0.196 e. The summed E-state index contributed by atoms with van der Waals surface area (Å²) in [6.45, 7) is 1.78. The Morgan fingerprint density at radius 2 is 2.33 bits per heavy atom. The summed E-state index contributed by atoms with van der Waals surface area (Å²) in [5.41, 5.74) is 0.829. The van der Waals surface area contributed by atoms with Crippen LogP contribution in [-0.2, 0) is 0 Å². The fraction of sp³-hybridized carbons (Fsp3) is 0.455. The monoisotopic (exact) mass is 211 g/mol. The van der Waals surface area contributed by atoms with Crippen LogP contribution >= 0.6 is 0 Å². The van der Waals surface area contributed by atoms with Crippen LogP contribution in [0.5, 0.6) is 11.5 Å². The van der Waals surface area contributed by atoms with E-state index in [2.05, 4.69) is 5.32 Å². The summed E-state index contributed by atoms with van der Waals surface area (Å²) in [4.78, 5) is 0. The van der Waals surface area contributed by atoms with Crippen molar-refractivity contribution in [1.82, 2.24) is 5.32 Å². The molecule has 1 fully saturated rings. The van der Waals surface area contributed by atoms with Crippen molar-refractivity contribution in [3.05, 3.63) is 23.5 Å². The minimum absolute atomic E-state index is 0.0790. The van der Waals surface area contributed by atoms with Gasteiger partial charge in [0.25, 0.3) is 0 Å². The molecule has 0 bridgehead atoms. The number of ether oxygens (including phenoxy) is 1. The highest BCUT2D eigenvalue weighted by Crippen LogP contribution is 2.34. The first-order valence-electron chi connectivity index (χ1n) is 4.99. The van der Waals surface area contributed by atoms with Crippen molar-refractivity contribution in [1.29, 1.82) is 0 Å². The van der Waals surface area contributed by atoms with Crippen molar-refractivity contribution in [3.8, 4) is 11.5 Å². The van der Waals surface area contributed by atoms with Gasteiger partial charge in [0.15, 0.2) is 17.3 Å². The normalized spacial score (nSPS) is 20.5. The maximum atomic E-state index is 13.5. The molecular formula is C11H14FNO2. The van der Waals surface area contributed by atoms with Gasteiger partial charge in [-0.25, -0.2) is 4.39 Å². The Kier molecular flexibility index (Phi) is 2.77. The Labute approximate surface area is 87.9 Å². The van der Waals surface area contributed by atoms with Crippen LogP contribution < -0.4 is 10.1 Å². The molecule has 2 N–H and O–H groups in total. The molecule has 82 valence electrons. The van der Waals surface area contributed by atoms with E-state index in [0.717, 1.165) is 25.1 Å². The van der Waals surface area contributed by atoms with E-state index >= 15 is 0 Å². The van der Waals surface area contributed by atoms with Crippen molar-refractivity contribution >= 4 is 0 Å². The third kappa shape index (κ3) is 1.90. The highest BCUT2D eigenvalue weighted by Gasteiger charge is 2.20. The number of hydrogen-bond acceptors (Lipinski definition) is 3. The smallest absolute Gasteiger partial charge is 0.196 e. The summed E-state index contributed by atoms with van der Waals surface area (Å²) in [5.74, 6) is -0.417. The third-order valence-corrected chi connectivity index (χ3v) is 2.78. The Morgan fingerprint density at radius 3 is 2.87 bits per heavy atom. The number of nitrogens with one attached hydrogen (secondary N) is 1. The first-order valence-corrected chi connectivity index (χ1v) is 4.99. The van der Waals surface area contributed by atoms with Crippen LogP contribution in [0.4, 0.5) is 4.39 Å². The quantitative estimate of drug-likeness (QED) is 0.781. The van der Waals surface area contributed by atoms with Crippen LogP contribution in [0.3, 0.4) is 0 Å². The second kappa shape index (κ2) is 4.06. The van der Waals surface area contributed by atoms with Gasteiger partial charge in [-0.05, 0) is 36.6 Å². The van der Waals surface area contributed by atoms with E-state index in [1.54, 1.807) is 6.07 Å². The van der Waals surface area contributed by atoms with E-state index < -0.39 is 5.82 Å². The van der Waals surface area contributed by atoms with E-state index in [0.29, 0.717) is 0 Å². The molecule has 0 saturated carbocycles. The van der Waals surface area contributed by atoms with Gasteiger partial charge in [0.2, 0.25) is 0 Å². The number of methoxy groups -OCH3 is 1. The van der Waals surface area contributed by atoms with Gasteiger partial charge in [-0.2, -0.15) is 0 Å². The van der Waals surface area contributed by atoms with Gasteiger partial charge in [0, 0.05) is 6.54 Å². The van der Waals surface area contributed by atoms with Crippen LogP contribution in [0.25, 0.3) is 0 Å². The fourth-order valence-corrected chi connectivity index (χ4v) is 1.98. The SMILES string of the molecule is COc1c(O)cc(C2CCNC2)cc1F. The first-order chi connectivity index (χ1) is 7.22. The minimum atomic E-state index is -0.501. The van der Waals surface area contributed by atoms with E-state index in [1.807, 2.05) is 0 Å². The minimum Gasteiger partial charge on any atom is -0.504 e. The van der Waals surface area contributed by atoms with Crippen LogP contribution in [0.1, 0.15) is 17.9 Å². The van der Waals surface area contributed by atoms with Crippen molar-refractivity contribution in [2.45, 2.75) is 12.3 Å². The summed E-state index contributed by atoms with van der Waals surface area (Å²) in [6, 6.07) is 3.02. The zero-order chi connectivity index (χ0) is 10.8. The molecule has 1 aromatic rings. The second-order valence-corrected chi connectivity index (χ2v) is 3.74. The molecule has 0 radical (unpaired) electrons. The molecule has 0 aromatic heterocycles. The molecule has 1 unspecified atom stereocenters. The Balaban J connectivity index is 2.33. The number of phenols is 1. The van der Waals surface area contributed by atoms with E-state index in [-0.39, 0.29) is 17.4 Å². The molecule has 0 spiro atoms. The zero-order valence-corrected chi connectivity index (χ0v) is 8.59. The molecule has 1 saturated heterocycles. The van der Waals surface area contributed by atoms with E-state index in [1.165, 1.54) is 13.2 Å². The second-order valence-electron chi connectivity index (χ2n) is 3.74. The van der Waals surface area contributed by atoms with Crippen molar-refractivity contribution < 1.29 is 14.2 Å². The van der Waals surface area contributed by atoms with Crippen molar-refractivity contribution in [2.24, 2.45) is 0 Å². The van der Waals surface area contributed by atoms with Crippen LogP contribution in [0, 0.1) is 5.82 Å². The molecule has 2 rings (SSSR count). The van der Waals surface area contributed by atoms with Crippen LogP contribution in [0.2, 0.25) is 0 Å². The summed E-state index contributed by atoms with van der Waals surface area (Å²) in [7, 11) is 1.34. The van der Waals surface area contributed by atoms with Crippen LogP contribution in [0.15, 0.2) is 12.1 Å². The Morgan fingerprint density at radius 1 is 1.53 bits per heavy atom. The fourth-order valence-electron chi connectivity index (χ4n) is 1.98. The topological polar surface area (TPSA) is 41.5 Å². The van der Waals surface area contributed by atoms with Gasteiger partial charge in [-0.15, -0.1) is 0 Å². The molecule has 1 heterocycles. The first kappa shape index (κ1) is 10.2. The number of halogens is 1. The predicted molar refractivity (Wildman–Crippen MR) is 54.8 cm³/mol. The lowest BCUT2D eigenvalue weighted by Crippen LogP contribution is -2.08. The van der Waals surface area contributed by atoms with E-state index in [4.69, 9.17) is 4.74 Å². The molecule has 1 aliphatic heterocycles.